The van der Waals surface area contributed by atoms with Crippen LogP contribution >= 0.6 is 27.3 Å². The van der Waals surface area contributed by atoms with Gasteiger partial charge in [0.2, 0.25) is 15.2 Å². The van der Waals surface area contributed by atoms with Crippen LogP contribution in [-0.2, 0) is 16.6 Å². The van der Waals surface area contributed by atoms with Gasteiger partial charge in [-0.25, -0.2) is 17.8 Å². The number of fused-ring (bicyclic) bond motifs is 1. The zero-order chi connectivity index (χ0) is 29.9. The largest absolute Gasteiger partial charge is 0.280 e. The molecule has 0 aliphatic rings. The Labute approximate surface area is 256 Å². The fourth-order valence-corrected chi connectivity index (χ4v) is 7.27. The van der Waals surface area contributed by atoms with Crippen LogP contribution in [0.5, 0.6) is 0 Å². The quantitative estimate of drug-likeness (QED) is 0.121. The van der Waals surface area contributed by atoms with Gasteiger partial charge in [-0.15, -0.1) is 0 Å². The molecule has 0 saturated heterocycles. The number of benzene rings is 4. The number of hydrogen-bond donors (Lipinski definition) is 0. The van der Waals surface area contributed by atoms with Crippen molar-refractivity contribution in [2.75, 3.05) is 5.01 Å². The number of carbonyl (C=O) groups excluding carboxylic acids is 1. The zero-order valence-corrected chi connectivity index (χ0v) is 25.9. The van der Waals surface area contributed by atoms with Crippen LogP contribution in [0.4, 0.5) is 9.52 Å². The minimum Gasteiger partial charge on any atom is -0.267 e. The predicted molar refractivity (Wildman–Crippen MR) is 169 cm³/mol. The highest BCUT2D eigenvalue weighted by Gasteiger charge is 2.28. The van der Waals surface area contributed by atoms with Crippen LogP contribution < -0.4 is 5.01 Å². The molecule has 5 rings (SSSR count). The molecule has 1 heterocycles. The van der Waals surface area contributed by atoms with Gasteiger partial charge in [-0.3, -0.25) is 4.79 Å². The molecular weight excluding hydrogens is 639 g/mol. The van der Waals surface area contributed by atoms with Crippen molar-refractivity contribution in [1.82, 2.24) is 9.29 Å². The van der Waals surface area contributed by atoms with E-state index in [0.29, 0.717) is 16.2 Å². The number of aromatic nitrogens is 1. The van der Waals surface area contributed by atoms with Gasteiger partial charge in [-0.05, 0) is 79.6 Å². The normalized spacial score (nSPS) is 12.0. The summed E-state index contributed by atoms with van der Waals surface area (Å²) >= 11 is 4.74. The molecule has 1 amide bonds. The van der Waals surface area contributed by atoms with Crippen molar-refractivity contribution in [2.24, 2.45) is 5.10 Å². The lowest BCUT2D eigenvalue weighted by Gasteiger charge is -2.26. The van der Waals surface area contributed by atoms with Crippen molar-refractivity contribution in [1.29, 1.82) is 0 Å². The van der Waals surface area contributed by atoms with Crippen LogP contribution in [0.15, 0.2) is 112 Å². The van der Waals surface area contributed by atoms with E-state index in [2.05, 4.69) is 26.0 Å². The minimum atomic E-state index is -3.85. The number of sulfonamides is 1. The Morgan fingerprint density at radius 2 is 1.69 bits per heavy atom. The summed E-state index contributed by atoms with van der Waals surface area (Å²) in [6.07, 6.45) is 1.45. The lowest BCUT2D eigenvalue weighted by Crippen LogP contribution is -2.36. The Bertz CT molecular complexity index is 1840. The maximum Gasteiger partial charge on any atom is 0.280 e. The number of hydrazone groups is 1. The van der Waals surface area contributed by atoms with Gasteiger partial charge in [0.15, 0.2) is 0 Å². The third kappa shape index (κ3) is 6.65. The topological polar surface area (TPSA) is 82.9 Å². The van der Waals surface area contributed by atoms with E-state index in [9.17, 15) is 17.6 Å². The second kappa shape index (κ2) is 12.6. The summed E-state index contributed by atoms with van der Waals surface area (Å²) < 4.78 is 43.7. The van der Waals surface area contributed by atoms with Gasteiger partial charge < -0.3 is 0 Å². The fraction of sp³-hybridized carbons (Fsp3) is 0.129. The van der Waals surface area contributed by atoms with Crippen molar-refractivity contribution >= 4 is 64.8 Å². The molecule has 0 N–H and O–H groups in total. The van der Waals surface area contributed by atoms with Crippen LogP contribution in [0, 0.1) is 5.82 Å². The molecule has 0 bridgehead atoms. The number of anilines is 1. The SMILES string of the molecule is CC(C)N(Cc1ccccc1)S(=O)(=O)c1ccc(C(=O)N(/N=C/c2ccc(F)cc2)c2nc3ccc(Br)cc3s2)cc1. The molecular formula is C31H26BrFN4O3S2. The van der Waals surface area contributed by atoms with E-state index in [0.717, 1.165) is 14.7 Å². The number of amides is 1. The van der Waals surface area contributed by atoms with Gasteiger partial charge in [0.05, 0.1) is 21.3 Å². The van der Waals surface area contributed by atoms with Crippen LogP contribution in [0.1, 0.15) is 35.3 Å². The summed E-state index contributed by atoms with van der Waals surface area (Å²) in [6.45, 7) is 3.87. The molecule has 0 fully saturated rings. The van der Waals surface area contributed by atoms with E-state index in [4.69, 9.17) is 0 Å². The van der Waals surface area contributed by atoms with Crippen LogP contribution in [-0.4, -0.2) is 35.9 Å². The summed E-state index contributed by atoms with van der Waals surface area (Å²) in [5.41, 5.74) is 2.39. The molecule has 4 aromatic carbocycles. The smallest absolute Gasteiger partial charge is 0.267 e. The number of halogens is 2. The molecule has 5 aromatic rings. The summed E-state index contributed by atoms with van der Waals surface area (Å²) in [5, 5.41) is 5.90. The van der Waals surface area contributed by atoms with Gasteiger partial charge in [-0.1, -0.05) is 69.7 Å². The zero-order valence-electron chi connectivity index (χ0n) is 22.7. The van der Waals surface area contributed by atoms with Crippen LogP contribution in [0.2, 0.25) is 0 Å². The maximum absolute atomic E-state index is 13.8. The van der Waals surface area contributed by atoms with E-state index in [-0.39, 0.29) is 28.9 Å². The van der Waals surface area contributed by atoms with Gasteiger partial charge >= 0.3 is 0 Å². The monoisotopic (exact) mass is 664 g/mol. The number of thiazole rings is 1. The molecule has 0 atom stereocenters. The Balaban J connectivity index is 1.46. The predicted octanol–water partition coefficient (Wildman–Crippen LogP) is 7.48. The summed E-state index contributed by atoms with van der Waals surface area (Å²) in [4.78, 5) is 18.4. The molecule has 1 aromatic heterocycles. The second-order valence-corrected chi connectivity index (χ2v) is 13.5. The summed E-state index contributed by atoms with van der Waals surface area (Å²) in [5.74, 6) is -0.882. The standard InChI is InChI=1S/C31H26BrFN4O3S2/c1-21(2)36(20-23-6-4-3-5-7-23)42(39,40)27-15-10-24(11-16-27)30(38)37(34-19-22-8-13-26(33)14-9-22)31-35-28-17-12-25(32)18-29(28)41-31/h3-19,21H,20H2,1-2H3/b34-19+. The van der Waals surface area contributed by atoms with Crippen LogP contribution in [0.25, 0.3) is 10.2 Å². The third-order valence-electron chi connectivity index (χ3n) is 6.37. The molecule has 0 unspecified atom stereocenters. The average molecular weight is 666 g/mol. The van der Waals surface area contributed by atoms with Gasteiger partial charge in [-0.2, -0.15) is 14.4 Å². The Kier molecular flexibility index (Phi) is 8.93. The molecule has 214 valence electrons. The Hall–Kier alpha value is -3.77. The third-order valence-corrected chi connectivity index (χ3v) is 9.89. The van der Waals surface area contributed by atoms with Crippen molar-refractivity contribution < 1.29 is 17.6 Å². The summed E-state index contributed by atoms with van der Waals surface area (Å²) in [7, 11) is -3.85. The van der Waals surface area contributed by atoms with Gasteiger partial charge in [0.25, 0.3) is 5.91 Å². The molecule has 11 heteroatoms. The Morgan fingerprint density at radius 1 is 1.00 bits per heavy atom. The van der Waals surface area contributed by atoms with Crippen molar-refractivity contribution in [2.45, 2.75) is 31.3 Å². The highest BCUT2D eigenvalue weighted by atomic mass is 79.9. The number of hydrogen-bond acceptors (Lipinski definition) is 6. The molecule has 0 radical (unpaired) electrons. The first-order chi connectivity index (χ1) is 20.1. The minimum absolute atomic E-state index is 0.0786. The fourth-order valence-electron chi connectivity index (χ4n) is 4.17. The highest BCUT2D eigenvalue weighted by molar-refractivity contribution is 9.10. The lowest BCUT2D eigenvalue weighted by atomic mass is 10.2. The van der Waals surface area contributed by atoms with E-state index in [1.807, 2.05) is 62.4 Å². The lowest BCUT2D eigenvalue weighted by molar-refractivity contribution is 0.0987. The Morgan fingerprint density at radius 3 is 2.36 bits per heavy atom. The first-order valence-electron chi connectivity index (χ1n) is 13.0. The van der Waals surface area contributed by atoms with Crippen LogP contribution in [0.3, 0.4) is 0 Å². The van der Waals surface area contributed by atoms with Gasteiger partial charge in [0.1, 0.15) is 5.82 Å². The summed E-state index contributed by atoms with van der Waals surface area (Å²) in [6, 6.07) is 26.2. The van der Waals surface area contributed by atoms with Crippen molar-refractivity contribution in [3.05, 3.63) is 124 Å². The number of rotatable bonds is 9. The maximum atomic E-state index is 13.8. The molecule has 0 saturated carbocycles. The van der Waals surface area contributed by atoms with Crippen molar-refractivity contribution in [3.8, 4) is 0 Å². The van der Waals surface area contributed by atoms with E-state index in [1.165, 1.54) is 63.3 Å². The molecule has 42 heavy (non-hydrogen) atoms. The average Bonchev–Trinajstić information content (AvgIpc) is 3.40. The van der Waals surface area contributed by atoms with E-state index >= 15 is 0 Å². The van der Waals surface area contributed by atoms with E-state index < -0.39 is 15.9 Å². The molecule has 0 aliphatic heterocycles. The highest BCUT2D eigenvalue weighted by Crippen LogP contribution is 2.32. The number of carbonyl (C=O) groups is 1. The first-order valence-corrected chi connectivity index (χ1v) is 16.0. The molecule has 0 spiro atoms. The van der Waals surface area contributed by atoms with Gasteiger partial charge in [0, 0.05) is 22.6 Å². The van der Waals surface area contributed by atoms with E-state index in [1.54, 1.807) is 12.1 Å². The second-order valence-electron chi connectivity index (χ2n) is 9.68. The number of nitrogens with zero attached hydrogens (tertiary/aromatic N) is 4. The first kappa shape index (κ1) is 29.7. The molecule has 7 nitrogen and oxygen atoms in total. The molecule has 0 aliphatic carbocycles. The van der Waals surface area contributed by atoms with Crippen molar-refractivity contribution in [3.63, 3.8) is 0 Å².